The number of aliphatic hydroxyl groups excluding tert-OH is 5. The van der Waals surface area contributed by atoms with E-state index in [-0.39, 0.29) is 55.7 Å². The third-order valence-electron chi connectivity index (χ3n) is 7.88. The van der Waals surface area contributed by atoms with Gasteiger partial charge in [-0.1, -0.05) is 18.2 Å². The van der Waals surface area contributed by atoms with Crippen LogP contribution in [0.15, 0.2) is 64.7 Å². The Morgan fingerprint density at radius 3 is 2.53 bits per heavy atom. The molecule has 9 N–H and O–H groups in total. The summed E-state index contributed by atoms with van der Waals surface area (Å²) in [5.74, 6) is -3.75. The molecule has 0 saturated carbocycles. The van der Waals surface area contributed by atoms with Crippen LogP contribution in [0.4, 0.5) is 0 Å². The van der Waals surface area contributed by atoms with Crippen molar-refractivity contribution < 1.29 is 63.9 Å². The van der Waals surface area contributed by atoms with Gasteiger partial charge >= 0.3 is 11.9 Å². The van der Waals surface area contributed by atoms with E-state index in [1.807, 2.05) is 0 Å². The molecule has 0 spiro atoms. The Balaban J connectivity index is 2.05. The number of aliphatic imine (C=N–C) groups is 1. The number of carboxylic acid groups (broad SMARTS) is 1. The lowest BCUT2D eigenvalue weighted by Crippen LogP contribution is -2.61. The minimum atomic E-state index is -1.48. The maximum Gasteiger partial charge on any atom is 0.339 e. The molecule has 8 unspecified atom stereocenters. The van der Waals surface area contributed by atoms with Crippen LogP contribution in [0.25, 0.3) is 0 Å². The lowest BCUT2D eigenvalue weighted by Gasteiger charge is -2.44. The van der Waals surface area contributed by atoms with Gasteiger partial charge in [-0.3, -0.25) is 4.99 Å². The van der Waals surface area contributed by atoms with Crippen molar-refractivity contribution in [2.75, 3.05) is 46.6 Å². The van der Waals surface area contributed by atoms with Crippen molar-refractivity contribution in [2.24, 2.45) is 22.6 Å². The largest absolute Gasteiger partial charge is 0.478 e. The third-order valence-corrected chi connectivity index (χ3v) is 7.88. The van der Waals surface area contributed by atoms with Gasteiger partial charge in [-0.2, -0.15) is 0 Å². The maximum absolute atomic E-state index is 12.9. The number of carbonyl (C=O) groups excluding carboxylic acids is 1. The smallest absolute Gasteiger partial charge is 0.339 e. The van der Waals surface area contributed by atoms with Crippen molar-refractivity contribution in [3.8, 4) is 0 Å². The molecule has 0 aliphatic carbocycles. The van der Waals surface area contributed by atoms with Crippen molar-refractivity contribution in [3.05, 3.63) is 59.7 Å². The van der Waals surface area contributed by atoms with Crippen LogP contribution < -0.4 is 11.1 Å². The van der Waals surface area contributed by atoms with Crippen LogP contribution in [0.2, 0.25) is 0 Å². The Labute approximate surface area is 284 Å². The second-order valence-corrected chi connectivity index (χ2v) is 11.7. The number of carboxylic acids is 1. The maximum atomic E-state index is 12.9. The van der Waals surface area contributed by atoms with Gasteiger partial charge in [-0.05, 0) is 25.8 Å². The third kappa shape index (κ3) is 10.1. The normalized spacial score (nSPS) is 29.4. The predicted molar refractivity (Wildman–Crippen MR) is 173 cm³/mol. The molecule has 274 valence electrons. The summed E-state index contributed by atoms with van der Waals surface area (Å²) < 4.78 is 28.5. The van der Waals surface area contributed by atoms with E-state index in [1.165, 1.54) is 19.4 Å². The number of hydrogen-bond donors (Lipinski definition) is 8. The number of allylic oxidation sites excluding steroid dienone is 1. The van der Waals surface area contributed by atoms with Crippen LogP contribution in [0.5, 0.6) is 0 Å². The second-order valence-electron chi connectivity index (χ2n) is 11.7. The highest BCUT2D eigenvalue weighted by molar-refractivity contribution is 5.95. The summed E-state index contributed by atoms with van der Waals surface area (Å²) in [6, 6.07) is 0. The molecule has 0 amide bonds. The highest BCUT2D eigenvalue weighted by Crippen LogP contribution is 2.37. The fraction of sp³-hybridized carbons (Fsp3) is 0.594. The van der Waals surface area contributed by atoms with Gasteiger partial charge in [0.15, 0.2) is 12.2 Å². The minimum Gasteiger partial charge on any atom is -0.478 e. The molecular weight excluding hydrogens is 648 g/mol. The minimum absolute atomic E-state index is 0.0731. The Bertz CT molecular complexity index is 1310. The number of methoxy groups -OCH3 is 1. The van der Waals surface area contributed by atoms with Gasteiger partial charge in [0.25, 0.3) is 0 Å². The number of ether oxygens (including phenoxy) is 5. The standard InChI is InChI=1S/C32H48N4O13/c1-5-19-20(8-7-18-13-36(10-12-38)14-21(28(42)43)24(18)35-32(33)34-9-6-11-37)22(29(44)45-4)16-46-30(19)49-31-27(47-17(2)3)26(41)25(40)23(15-39)48-31/h5,7-8,14,16-17,19-20,23,25-27,30-31,37-41H,1,6,9-13,15H2,2-4H3,(H,42,43)(H3,33,34,35). The molecule has 17 heteroatoms. The molecule has 3 heterocycles. The molecule has 49 heavy (non-hydrogen) atoms. The SMILES string of the molecule is C=CC1C(OC2OC(CO)C(O)C(O)C2OC(C)C)OC=C(C(=O)OC)C1C=CC1=C(NC(N)=NCCCO)C(C(=O)O)=CN(CCO)C1. The van der Waals surface area contributed by atoms with Gasteiger partial charge in [-0.25, -0.2) is 9.59 Å². The summed E-state index contributed by atoms with van der Waals surface area (Å²) in [6.07, 6.45) is -0.714. The number of guanidine groups is 1. The first-order valence-corrected chi connectivity index (χ1v) is 15.8. The number of esters is 1. The second kappa shape index (κ2) is 18.8. The van der Waals surface area contributed by atoms with E-state index in [4.69, 9.17) is 34.5 Å². The lowest BCUT2D eigenvalue weighted by molar-refractivity contribution is -0.348. The first kappa shape index (κ1) is 39.6. The molecule has 3 aliphatic rings. The van der Waals surface area contributed by atoms with Gasteiger partial charge in [0, 0.05) is 38.4 Å². The molecule has 1 fully saturated rings. The molecule has 3 aliphatic heterocycles. The van der Waals surface area contributed by atoms with Gasteiger partial charge in [0.2, 0.25) is 6.29 Å². The van der Waals surface area contributed by atoms with E-state index in [0.29, 0.717) is 12.0 Å². The summed E-state index contributed by atoms with van der Waals surface area (Å²) >= 11 is 0. The number of rotatable bonds is 16. The monoisotopic (exact) mass is 696 g/mol. The van der Waals surface area contributed by atoms with Crippen LogP contribution in [0.3, 0.4) is 0 Å². The molecule has 0 bridgehead atoms. The highest BCUT2D eigenvalue weighted by Gasteiger charge is 2.49. The summed E-state index contributed by atoms with van der Waals surface area (Å²) in [7, 11) is 1.20. The molecular formula is C32H48N4O13. The zero-order chi connectivity index (χ0) is 36.2. The van der Waals surface area contributed by atoms with Gasteiger partial charge in [-0.15, -0.1) is 6.58 Å². The van der Waals surface area contributed by atoms with E-state index in [0.717, 1.165) is 6.26 Å². The number of carbonyl (C=O) groups is 2. The summed E-state index contributed by atoms with van der Waals surface area (Å²) in [4.78, 5) is 31.0. The summed E-state index contributed by atoms with van der Waals surface area (Å²) in [6.45, 7) is 6.80. The Morgan fingerprint density at radius 2 is 1.94 bits per heavy atom. The van der Waals surface area contributed by atoms with Crippen molar-refractivity contribution in [1.29, 1.82) is 0 Å². The Kier molecular flexibility index (Phi) is 15.2. The van der Waals surface area contributed by atoms with E-state index < -0.39 is 73.5 Å². The number of β-amino-alcohol motifs (C(OH)–C–C–N with tert-alkyl or cyclic N) is 1. The van der Waals surface area contributed by atoms with E-state index in [2.05, 4.69) is 16.9 Å². The Morgan fingerprint density at radius 1 is 1.20 bits per heavy atom. The van der Waals surface area contributed by atoms with Crippen LogP contribution in [-0.4, -0.2) is 143 Å². The number of nitrogens with zero attached hydrogens (tertiary/aromatic N) is 2. The average molecular weight is 697 g/mol. The number of aliphatic carboxylic acids is 1. The topological polar surface area (TPSA) is 255 Å². The van der Waals surface area contributed by atoms with Gasteiger partial charge < -0.3 is 70.3 Å². The fourth-order valence-corrected chi connectivity index (χ4v) is 5.50. The summed E-state index contributed by atoms with van der Waals surface area (Å²) in [5.41, 5.74) is 6.49. The van der Waals surface area contributed by atoms with Crippen LogP contribution in [0, 0.1) is 11.8 Å². The van der Waals surface area contributed by atoms with Gasteiger partial charge in [0.1, 0.15) is 24.4 Å². The number of hydrogen-bond acceptors (Lipinski definition) is 14. The van der Waals surface area contributed by atoms with Crippen LogP contribution >= 0.6 is 0 Å². The van der Waals surface area contributed by atoms with Crippen LogP contribution in [0.1, 0.15) is 20.3 Å². The predicted octanol–water partition coefficient (Wildman–Crippen LogP) is -1.56. The molecule has 8 atom stereocenters. The number of nitrogens with two attached hydrogens (primary N) is 1. The molecule has 3 rings (SSSR count). The van der Waals surface area contributed by atoms with Crippen molar-refractivity contribution in [3.63, 3.8) is 0 Å². The first-order chi connectivity index (χ1) is 23.4. The lowest BCUT2D eigenvalue weighted by atomic mass is 9.83. The molecule has 0 radical (unpaired) electrons. The molecule has 1 saturated heterocycles. The number of nitrogens with one attached hydrogen (secondary N) is 1. The van der Waals surface area contributed by atoms with E-state index in [1.54, 1.807) is 30.9 Å². The fourth-order valence-electron chi connectivity index (χ4n) is 5.50. The summed E-state index contributed by atoms with van der Waals surface area (Å²) in [5, 5.41) is 62.6. The quantitative estimate of drug-likeness (QED) is 0.0299. The molecule has 0 aromatic rings. The van der Waals surface area contributed by atoms with Crippen molar-refractivity contribution >= 4 is 17.9 Å². The zero-order valence-electron chi connectivity index (χ0n) is 27.8. The first-order valence-electron chi connectivity index (χ1n) is 15.8. The number of aliphatic hydroxyl groups is 5. The average Bonchev–Trinajstić information content (AvgIpc) is 3.07. The van der Waals surface area contributed by atoms with E-state index in [9.17, 15) is 35.1 Å². The van der Waals surface area contributed by atoms with Crippen molar-refractivity contribution in [2.45, 2.75) is 63.4 Å². The van der Waals surface area contributed by atoms with Crippen LogP contribution in [-0.2, 0) is 33.3 Å². The zero-order valence-corrected chi connectivity index (χ0v) is 27.8. The molecule has 0 aromatic carbocycles. The highest BCUT2D eigenvalue weighted by atomic mass is 16.8. The van der Waals surface area contributed by atoms with Crippen molar-refractivity contribution in [1.82, 2.24) is 10.2 Å². The van der Waals surface area contributed by atoms with Gasteiger partial charge in [0.05, 0.1) is 55.5 Å². The van der Waals surface area contributed by atoms with E-state index >= 15 is 0 Å². The molecule has 17 nitrogen and oxygen atoms in total. The Hall–Kier alpha value is -3.81. The molecule has 0 aromatic heterocycles.